The van der Waals surface area contributed by atoms with Crippen molar-refractivity contribution in [2.24, 2.45) is 0 Å². The van der Waals surface area contributed by atoms with Crippen LogP contribution in [0.25, 0.3) is 0 Å². The minimum Gasteiger partial charge on any atom is -0.305 e. The summed E-state index contributed by atoms with van der Waals surface area (Å²) in [5.41, 5.74) is 0. The maximum atomic E-state index is 2.56. The Bertz CT molecular complexity index is 139. The van der Waals surface area contributed by atoms with Crippen LogP contribution in [0.2, 0.25) is 0 Å². The summed E-state index contributed by atoms with van der Waals surface area (Å²) in [6.07, 6.45) is 1.23. The molecule has 0 aliphatic carbocycles. The van der Waals surface area contributed by atoms with Gasteiger partial charge in [-0.1, -0.05) is 6.92 Å². The third-order valence-electron chi connectivity index (χ3n) is 2.95. The first-order valence-electron chi connectivity index (χ1n) is 5.82. The lowest BCUT2D eigenvalue weighted by molar-refractivity contribution is 0.121. The van der Waals surface area contributed by atoms with Crippen LogP contribution < -0.4 is 0 Å². The van der Waals surface area contributed by atoms with E-state index in [0.717, 1.165) is 0 Å². The van der Waals surface area contributed by atoms with Crippen LogP contribution in [0.5, 0.6) is 0 Å². The quantitative estimate of drug-likeness (QED) is 0.697. The summed E-state index contributed by atoms with van der Waals surface area (Å²) in [7, 11) is 4.35. The summed E-state index contributed by atoms with van der Waals surface area (Å²) in [4.78, 5) is 4.89. The maximum Gasteiger partial charge on any atom is 0.0214 e. The predicted molar refractivity (Wildman–Crippen MR) is 75.1 cm³/mol. The second kappa shape index (κ2) is 8.43. The molecule has 0 heterocycles. The zero-order chi connectivity index (χ0) is 11.3. The molecule has 0 aromatic carbocycles. The van der Waals surface area contributed by atoms with Crippen LogP contribution in [-0.4, -0.2) is 48.6 Å². The first kappa shape index (κ1) is 17.7. The Hall–Kier alpha value is 0.270. The van der Waals surface area contributed by atoms with E-state index in [9.17, 15) is 0 Å². The molecule has 2 nitrogen and oxygen atoms in total. The predicted octanol–water partition coefficient (Wildman–Crippen LogP) is 2.56. The first-order chi connectivity index (χ1) is 6.40. The minimum absolute atomic E-state index is 0. The Morgan fingerprint density at radius 1 is 0.933 bits per heavy atom. The SMILES string of the molecule is CC[C@@H](CN(C(C)C)C(C)C)N(C)C.S. The van der Waals surface area contributed by atoms with Crippen LogP contribution in [0.1, 0.15) is 41.0 Å². The molecule has 0 aliphatic heterocycles. The molecule has 0 spiro atoms. The summed E-state index contributed by atoms with van der Waals surface area (Å²) in [6, 6.07) is 1.97. The van der Waals surface area contributed by atoms with E-state index in [1.165, 1.54) is 13.0 Å². The van der Waals surface area contributed by atoms with Gasteiger partial charge in [0.1, 0.15) is 0 Å². The van der Waals surface area contributed by atoms with Crippen molar-refractivity contribution in [1.29, 1.82) is 0 Å². The fraction of sp³-hybridized carbons (Fsp3) is 1.00. The van der Waals surface area contributed by atoms with Gasteiger partial charge in [-0.15, -0.1) is 0 Å². The van der Waals surface area contributed by atoms with Crippen LogP contribution in [0.4, 0.5) is 0 Å². The number of hydrogen-bond acceptors (Lipinski definition) is 2. The molecule has 0 bridgehead atoms. The van der Waals surface area contributed by atoms with E-state index in [0.29, 0.717) is 18.1 Å². The third kappa shape index (κ3) is 6.44. The van der Waals surface area contributed by atoms with Gasteiger partial charge in [-0.05, 0) is 48.2 Å². The lowest BCUT2D eigenvalue weighted by Crippen LogP contribution is -2.46. The number of rotatable bonds is 6. The van der Waals surface area contributed by atoms with Gasteiger partial charge in [-0.25, -0.2) is 0 Å². The zero-order valence-corrected chi connectivity index (χ0v) is 12.5. The van der Waals surface area contributed by atoms with E-state index in [4.69, 9.17) is 0 Å². The van der Waals surface area contributed by atoms with E-state index in [1.54, 1.807) is 0 Å². The molecule has 0 N–H and O–H groups in total. The normalized spacial score (nSPS) is 13.8. The van der Waals surface area contributed by atoms with Crippen molar-refractivity contribution in [3.05, 3.63) is 0 Å². The van der Waals surface area contributed by atoms with E-state index in [-0.39, 0.29) is 13.5 Å². The molecule has 0 radical (unpaired) electrons. The van der Waals surface area contributed by atoms with Gasteiger partial charge >= 0.3 is 0 Å². The van der Waals surface area contributed by atoms with Crippen molar-refractivity contribution in [2.45, 2.75) is 59.2 Å². The molecule has 0 saturated heterocycles. The highest BCUT2D eigenvalue weighted by atomic mass is 32.1. The van der Waals surface area contributed by atoms with E-state index >= 15 is 0 Å². The summed E-state index contributed by atoms with van der Waals surface area (Å²) in [6.45, 7) is 12.6. The first-order valence-corrected chi connectivity index (χ1v) is 5.82. The lowest BCUT2D eigenvalue weighted by atomic mass is 10.1. The highest BCUT2D eigenvalue weighted by Gasteiger charge is 2.18. The fourth-order valence-electron chi connectivity index (χ4n) is 1.92. The number of nitrogens with zero attached hydrogens (tertiary/aromatic N) is 2. The molecular weight excluding hydrogens is 204 g/mol. The molecule has 0 rings (SSSR count). The van der Waals surface area contributed by atoms with Gasteiger partial charge in [-0.3, -0.25) is 4.90 Å². The van der Waals surface area contributed by atoms with Crippen molar-refractivity contribution >= 4 is 13.5 Å². The molecule has 0 fully saturated rings. The van der Waals surface area contributed by atoms with Gasteiger partial charge in [0.15, 0.2) is 0 Å². The highest BCUT2D eigenvalue weighted by Crippen LogP contribution is 2.09. The van der Waals surface area contributed by atoms with Gasteiger partial charge in [0.25, 0.3) is 0 Å². The van der Waals surface area contributed by atoms with Gasteiger partial charge in [0.05, 0.1) is 0 Å². The lowest BCUT2D eigenvalue weighted by Gasteiger charge is -2.36. The molecule has 0 saturated carbocycles. The van der Waals surface area contributed by atoms with Crippen LogP contribution >= 0.6 is 13.5 Å². The Kier molecular flexibility index (Phi) is 9.92. The fourth-order valence-corrected chi connectivity index (χ4v) is 1.92. The molecule has 0 aromatic heterocycles. The average Bonchev–Trinajstić information content (AvgIpc) is 2.03. The smallest absolute Gasteiger partial charge is 0.0214 e. The van der Waals surface area contributed by atoms with Gasteiger partial charge in [0, 0.05) is 24.7 Å². The molecular formula is C12H30N2S. The molecule has 0 unspecified atom stereocenters. The Labute approximate surface area is 103 Å². The van der Waals surface area contributed by atoms with E-state index < -0.39 is 0 Å². The highest BCUT2D eigenvalue weighted by molar-refractivity contribution is 7.59. The van der Waals surface area contributed by atoms with Crippen molar-refractivity contribution in [1.82, 2.24) is 9.80 Å². The van der Waals surface area contributed by atoms with E-state index in [2.05, 4.69) is 58.5 Å². The molecule has 0 aromatic rings. The van der Waals surface area contributed by atoms with E-state index in [1.807, 2.05) is 0 Å². The second-order valence-corrected chi connectivity index (χ2v) is 4.91. The Morgan fingerprint density at radius 3 is 1.53 bits per heavy atom. The third-order valence-corrected chi connectivity index (χ3v) is 2.95. The van der Waals surface area contributed by atoms with Crippen LogP contribution in [0.3, 0.4) is 0 Å². The largest absolute Gasteiger partial charge is 0.305 e. The monoisotopic (exact) mass is 234 g/mol. The van der Waals surface area contributed by atoms with Gasteiger partial charge in [-0.2, -0.15) is 13.5 Å². The topological polar surface area (TPSA) is 6.48 Å². The maximum absolute atomic E-state index is 2.56. The molecule has 3 heteroatoms. The summed E-state index contributed by atoms with van der Waals surface area (Å²) in [5.74, 6) is 0. The molecule has 15 heavy (non-hydrogen) atoms. The Balaban J connectivity index is 0. The van der Waals surface area contributed by atoms with Gasteiger partial charge in [0.2, 0.25) is 0 Å². The summed E-state index contributed by atoms with van der Waals surface area (Å²) >= 11 is 0. The van der Waals surface area contributed by atoms with Crippen LogP contribution in [-0.2, 0) is 0 Å². The summed E-state index contributed by atoms with van der Waals surface area (Å²) < 4.78 is 0. The number of hydrogen-bond donors (Lipinski definition) is 0. The second-order valence-electron chi connectivity index (χ2n) is 4.91. The Morgan fingerprint density at radius 2 is 1.33 bits per heavy atom. The molecule has 1 atom stereocenters. The van der Waals surface area contributed by atoms with Crippen LogP contribution in [0, 0.1) is 0 Å². The summed E-state index contributed by atoms with van der Waals surface area (Å²) in [5, 5.41) is 0. The molecule has 0 amide bonds. The average molecular weight is 234 g/mol. The molecule has 0 aliphatic rings. The van der Waals surface area contributed by atoms with Gasteiger partial charge < -0.3 is 4.90 Å². The van der Waals surface area contributed by atoms with Crippen molar-refractivity contribution in [3.8, 4) is 0 Å². The zero-order valence-electron chi connectivity index (χ0n) is 11.5. The molecule has 94 valence electrons. The number of likely N-dealkylation sites (N-methyl/N-ethyl adjacent to an activating group) is 1. The van der Waals surface area contributed by atoms with Crippen molar-refractivity contribution in [2.75, 3.05) is 20.6 Å². The van der Waals surface area contributed by atoms with Crippen LogP contribution in [0.15, 0.2) is 0 Å². The van der Waals surface area contributed by atoms with Crippen molar-refractivity contribution in [3.63, 3.8) is 0 Å². The minimum atomic E-state index is 0. The standard InChI is InChI=1S/C12H28N2.H2S/c1-8-12(13(6)7)9-14(10(2)3)11(4)5;/h10-12H,8-9H2,1-7H3;1H2/t12-;/m0./s1. The van der Waals surface area contributed by atoms with Crippen molar-refractivity contribution < 1.29 is 0 Å².